The average Bonchev–Trinajstić information content (AvgIpc) is 2.87. The molecule has 4 nitrogen and oxygen atoms in total. The first kappa shape index (κ1) is 16.6. The molecule has 2 heterocycles. The van der Waals surface area contributed by atoms with E-state index in [1.54, 1.807) is 0 Å². The number of benzene rings is 1. The van der Waals surface area contributed by atoms with Gasteiger partial charge in [0.05, 0.1) is 28.5 Å². The third-order valence-corrected chi connectivity index (χ3v) is 5.15. The van der Waals surface area contributed by atoms with E-state index >= 15 is 0 Å². The van der Waals surface area contributed by atoms with E-state index in [1.807, 2.05) is 29.9 Å². The minimum absolute atomic E-state index is 0.351. The molecule has 0 N–H and O–H groups in total. The van der Waals surface area contributed by atoms with Crippen LogP contribution < -0.4 is 5.46 Å². The molecule has 0 aliphatic carbocycles. The highest BCUT2D eigenvalue weighted by Gasteiger charge is 2.52. The predicted octanol–water partition coefficient (Wildman–Crippen LogP) is 3.19. The van der Waals surface area contributed by atoms with Crippen molar-refractivity contribution in [3.8, 4) is 0 Å². The first-order chi connectivity index (χ1) is 10.7. The quantitative estimate of drug-likeness (QED) is 0.810. The summed E-state index contributed by atoms with van der Waals surface area (Å²) in [6.07, 6.45) is 1.85. The number of nitrogens with zero attached hydrogens (tertiary/aromatic N) is 2. The largest absolute Gasteiger partial charge is 0.495 e. The molecule has 0 radical (unpaired) electrons. The van der Waals surface area contributed by atoms with Gasteiger partial charge in [-0.15, -0.1) is 0 Å². The number of halogens is 1. The summed E-state index contributed by atoms with van der Waals surface area (Å²) in [6, 6.07) is 8.15. The monoisotopic (exact) mass is 332 g/mol. The molecule has 0 bridgehead atoms. The lowest BCUT2D eigenvalue weighted by molar-refractivity contribution is 0.00578. The van der Waals surface area contributed by atoms with Crippen LogP contribution in [0.3, 0.4) is 0 Å². The first-order valence-corrected chi connectivity index (χ1v) is 8.20. The van der Waals surface area contributed by atoms with Crippen LogP contribution in [0.1, 0.15) is 39.0 Å². The third kappa shape index (κ3) is 3.05. The standard InChI is InChI=1S/C17H22BClN2O2/c1-12-15(19)11-21(20-12)10-13-8-6-7-9-14(13)18-22-16(2,3)17(4,5)23-18/h6-9,11H,10H2,1-5H3. The molecule has 1 aromatic heterocycles. The Labute approximate surface area is 142 Å². The van der Waals surface area contributed by atoms with E-state index in [0.29, 0.717) is 11.6 Å². The second-order valence-corrected chi connectivity index (χ2v) is 7.45. The van der Waals surface area contributed by atoms with Gasteiger partial charge in [0.25, 0.3) is 0 Å². The maximum absolute atomic E-state index is 6.18. The van der Waals surface area contributed by atoms with Crippen molar-refractivity contribution < 1.29 is 9.31 Å². The van der Waals surface area contributed by atoms with Gasteiger partial charge in [0.15, 0.2) is 0 Å². The van der Waals surface area contributed by atoms with Crippen LogP contribution in [0.15, 0.2) is 30.5 Å². The Kier molecular flexibility index (Phi) is 4.07. The van der Waals surface area contributed by atoms with Gasteiger partial charge in [0.1, 0.15) is 0 Å². The normalized spacial score (nSPS) is 19.3. The van der Waals surface area contributed by atoms with Gasteiger partial charge in [0.2, 0.25) is 0 Å². The van der Waals surface area contributed by atoms with Crippen molar-refractivity contribution in [1.82, 2.24) is 9.78 Å². The molecule has 2 aromatic rings. The number of rotatable bonds is 3. The lowest BCUT2D eigenvalue weighted by Crippen LogP contribution is -2.41. The molecule has 6 heteroatoms. The Balaban J connectivity index is 1.90. The Morgan fingerprint density at radius 1 is 1.13 bits per heavy atom. The Bertz CT molecular complexity index is 692. The molecule has 3 rings (SSSR count). The van der Waals surface area contributed by atoms with Crippen LogP contribution in [0, 0.1) is 6.92 Å². The van der Waals surface area contributed by atoms with Crippen molar-refractivity contribution in [3.05, 3.63) is 46.7 Å². The molecule has 0 amide bonds. The van der Waals surface area contributed by atoms with Gasteiger partial charge in [-0.1, -0.05) is 35.9 Å². The molecule has 0 atom stereocenters. The summed E-state index contributed by atoms with van der Waals surface area (Å²) < 4.78 is 14.2. The summed E-state index contributed by atoms with van der Waals surface area (Å²) in [6.45, 7) is 10.8. The summed E-state index contributed by atoms with van der Waals surface area (Å²) in [4.78, 5) is 0. The highest BCUT2D eigenvalue weighted by molar-refractivity contribution is 6.62. The van der Waals surface area contributed by atoms with Crippen molar-refractivity contribution in [3.63, 3.8) is 0 Å². The SMILES string of the molecule is Cc1nn(Cc2ccccc2B2OC(C)(C)C(C)(C)O2)cc1Cl. The van der Waals surface area contributed by atoms with E-state index in [1.165, 1.54) is 0 Å². The topological polar surface area (TPSA) is 36.3 Å². The smallest absolute Gasteiger partial charge is 0.399 e. The summed E-state index contributed by atoms with van der Waals surface area (Å²) in [5.74, 6) is 0. The Hall–Kier alpha value is -1.30. The van der Waals surface area contributed by atoms with Crippen molar-refractivity contribution in [2.24, 2.45) is 0 Å². The minimum atomic E-state index is -0.372. The zero-order valence-electron chi connectivity index (χ0n) is 14.3. The van der Waals surface area contributed by atoms with Crippen LogP contribution in [-0.4, -0.2) is 28.1 Å². The Morgan fingerprint density at radius 3 is 2.30 bits per heavy atom. The van der Waals surface area contributed by atoms with E-state index in [2.05, 4.69) is 44.9 Å². The van der Waals surface area contributed by atoms with Gasteiger partial charge >= 0.3 is 7.12 Å². The van der Waals surface area contributed by atoms with Crippen LogP contribution in [-0.2, 0) is 15.9 Å². The maximum Gasteiger partial charge on any atom is 0.495 e. The van der Waals surface area contributed by atoms with Crippen molar-refractivity contribution >= 4 is 24.2 Å². The number of hydrogen-bond donors (Lipinski definition) is 0. The molecule has 1 aromatic carbocycles. The third-order valence-electron chi connectivity index (χ3n) is 4.78. The molecule has 0 spiro atoms. The highest BCUT2D eigenvalue weighted by Crippen LogP contribution is 2.36. The summed E-state index contributed by atoms with van der Waals surface area (Å²) in [5.41, 5.74) is 2.28. The fourth-order valence-electron chi connectivity index (χ4n) is 2.63. The lowest BCUT2D eigenvalue weighted by atomic mass is 9.76. The molecule has 1 aliphatic heterocycles. The fourth-order valence-corrected chi connectivity index (χ4v) is 2.78. The van der Waals surface area contributed by atoms with Crippen LogP contribution in [0.25, 0.3) is 0 Å². The van der Waals surface area contributed by atoms with Crippen LogP contribution in [0.2, 0.25) is 5.02 Å². The van der Waals surface area contributed by atoms with Crippen molar-refractivity contribution in [1.29, 1.82) is 0 Å². The van der Waals surface area contributed by atoms with E-state index in [9.17, 15) is 0 Å². The zero-order chi connectivity index (χ0) is 16.8. The lowest BCUT2D eigenvalue weighted by Gasteiger charge is -2.32. The second-order valence-electron chi connectivity index (χ2n) is 7.05. The molecular weight excluding hydrogens is 310 g/mol. The zero-order valence-corrected chi connectivity index (χ0v) is 15.0. The van der Waals surface area contributed by atoms with Crippen molar-refractivity contribution in [2.45, 2.75) is 52.4 Å². The van der Waals surface area contributed by atoms with Crippen molar-refractivity contribution in [2.75, 3.05) is 0 Å². The molecule has 23 heavy (non-hydrogen) atoms. The summed E-state index contributed by atoms with van der Waals surface area (Å²) in [5, 5.41) is 5.11. The number of hydrogen-bond acceptors (Lipinski definition) is 3. The molecule has 122 valence electrons. The van der Waals surface area contributed by atoms with Crippen LogP contribution in [0.5, 0.6) is 0 Å². The molecule has 0 unspecified atom stereocenters. The van der Waals surface area contributed by atoms with Gasteiger partial charge in [0, 0.05) is 6.20 Å². The second kappa shape index (κ2) is 5.65. The number of aryl methyl sites for hydroxylation is 1. The molecule has 0 saturated carbocycles. The molecule has 1 saturated heterocycles. The first-order valence-electron chi connectivity index (χ1n) is 7.82. The highest BCUT2D eigenvalue weighted by atomic mass is 35.5. The van der Waals surface area contributed by atoms with E-state index in [-0.39, 0.29) is 18.3 Å². The minimum Gasteiger partial charge on any atom is -0.399 e. The Morgan fingerprint density at radius 2 is 1.74 bits per heavy atom. The summed E-state index contributed by atoms with van der Waals surface area (Å²) in [7, 11) is -0.372. The average molecular weight is 333 g/mol. The van der Waals surface area contributed by atoms with Crippen LogP contribution in [0.4, 0.5) is 0 Å². The fraction of sp³-hybridized carbons (Fsp3) is 0.471. The van der Waals surface area contributed by atoms with Gasteiger partial charge in [-0.25, -0.2) is 0 Å². The summed E-state index contributed by atoms with van der Waals surface area (Å²) >= 11 is 6.10. The molecule has 1 fully saturated rings. The molecule has 1 aliphatic rings. The number of aromatic nitrogens is 2. The van der Waals surface area contributed by atoms with E-state index < -0.39 is 0 Å². The van der Waals surface area contributed by atoms with E-state index in [0.717, 1.165) is 16.7 Å². The predicted molar refractivity (Wildman–Crippen MR) is 93.2 cm³/mol. The maximum atomic E-state index is 6.18. The van der Waals surface area contributed by atoms with Gasteiger partial charge < -0.3 is 9.31 Å². The van der Waals surface area contributed by atoms with Gasteiger partial charge in [-0.3, -0.25) is 4.68 Å². The van der Waals surface area contributed by atoms with Crippen LogP contribution >= 0.6 is 11.6 Å². The molecular formula is C17H22BClN2O2. The van der Waals surface area contributed by atoms with Gasteiger partial charge in [-0.2, -0.15) is 5.10 Å². The van der Waals surface area contributed by atoms with Gasteiger partial charge in [-0.05, 0) is 45.6 Å². The van der Waals surface area contributed by atoms with E-state index in [4.69, 9.17) is 20.9 Å².